The van der Waals surface area contributed by atoms with Crippen molar-refractivity contribution >= 4 is 45.2 Å². The van der Waals surface area contributed by atoms with Gasteiger partial charge in [0.25, 0.3) is 0 Å². The van der Waals surface area contributed by atoms with Gasteiger partial charge in [-0.1, -0.05) is 115 Å². The fourth-order valence-corrected chi connectivity index (χ4v) is 6.61. The zero-order valence-corrected chi connectivity index (χ0v) is 27.9. The number of nitrogens with one attached hydrogen (secondary N) is 4. The fraction of sp³-hybridized carbons (Fsp3) is 0.268. The number of rotatable bonds is 13. The summed E-state index contributed by atoms with van der Waals surface area (Å²) < 4.78 is 0. The molecule has 0 aliphatic carbocycles. The standard InChI is InChI=1S/C41H43N5O4/c42-38(47)35(24-27-8-2-1-3-9-27)44-40(49)37(26-29-15-17-31-11-5-7-13-34(31)23-29)46-41(50)36(45-39(48)32-18-20-43-21-19-32)25-28-14-16-30-10-4-6-12-33(30)22-28/h1-17,22-23,32,35-37,43H,18-21,24-26H2,(H2,42,47)(H,44,49)(H,45,48)(H,46,50)/t35-,36-,37-/m1/s1. The number of piperidine rings is 1. The molecule has 0 spiro atoms. The zero-order valence-electron chi connectivity index (χ0n) is 27.9. The summed E-state index contributed by atoms with van der Waals surface area (Å²) in [5.41, 5.74) is 8.29. The van der Waals surface area contributed by atoms with Crippen molar-refractivity contribution in [3.05, 3.63) is 132 Å². The summed E-state index contributed by atoms with van der Waals surface area (Å²) in [6.07, 6.45) is 1.95. The Morgan fingerprint density at radius 1 is 0.560 bits per heavy atom. The van der Waals surface area contributed by atoms with Gasteiger partial charge in [-0.15, -0.1) is 0 Å². The van der Waals surface area contributed by atoms with Gasteiger partial charge in [-0.3, -0.25) is 19.2 Å². The van der Waals surface area contributed by atoms with Crippen LogP contribution in [-0.4, -0.2) is 54.8 Å². The van der Waals surface area contributed by atoms with Gasteiger partial charge in [-0.25, -0.2) is 0 Å². The second-order valence-corrected chi connectivity index (χ2v) is 13.1. The second kappa shape index (κ2) is 16.2. The maximum atomic E-state index is 14.2. The topological polar surface area (TPSA) is 142 Å². The Morgan fingerprint density at radius 2 is 1.02 bits per heavy atom. The van der Waals surface area contributed by atoms with E-state index in [4.69, 9.17) is 5.73 Å². The highest BCUT2D eigenvalue weighted by molar-refractivity contribution is 5.95. The Kier molecular flexibility index (Phi) is 11.1. The van der Waals surface area contributed by atoms with Crippen molar-refractivity contribution in [2.24, 2.45) is 11.7 Å². The molecule has 1 heterocycles. The van der Waals surface area contributed by atoms with Crippen LogP contribution in [0.5, 0.6) is 0 Å². The minimum atomic E-state index is -1.06. The van der Waals surface area contributed by atoms with Crippen LogP contribution < -0.4 is 27.0 Å². The normalized spacial score (nSPS) is 15.1. The van der Waals surface area contributed by atoms with Crippen LogP contribution in [0, 0.1) is 5.92 Å². The third kappa shape index (κ3) is 8.92. The molecule has 3 atom stereocenters. The van der Waals surface area contributed by atoms with Gasteiger partial charge in [0.2, 0.25) is 23.6 Å². The van der Waals surface area contributed by atoms with E-state index in [9.17, 15) is 19.2 Å². The first-order chi connectivity index (χ1) is 24.3. The van der Waals surface area contributed by atoms with Crippen molar-refractivity contribution < 1.29 is 19.2 Å². The third-order valence-electron chi connectivity index (χ3n) is 9.43. The number of hydrogen-bond donors (Lipinski definition) is 5. The molecule has 1 aliphatic heterocycles. The smallest absolute Gasteiger partial charge is 0.243 e. The molecular formula is C41H43N5O4. The van der Waals surface area contributed by atoms with Crippen molar-refractivity contribution in [1.29, 1.82) is 0 Å². The average molecular weight is 670 g/mol. The highest BCUT2D eigenvalue weighted by Crippen LogP contribution is 2.20. The summed E-state index contributed by atoms with van der Waals surface area (Å²) >= 11 is 0. The van der Waals surface area contributed by atoms with Crippen molar-refractivity contribution in [3.8, 4) is 0 Å². The Balaban J connectivity index is 1.27. The summed E-state index contributed by atoms with van der Waals surface area (Å²) in [4.78, 5) is 54.3. The van der Waals surface area contributed by atoms with Gasteiger partial charge in [0.05, 0.1) is 0 Å². The molecule has 5 aromatic rings. The number of fused-ring (bicyclic) bond motifs is 2. The van der Waals surface area contributed by atoms with Gasteiger partial charge in [0.1, 0.15) is 18.1 Å². The van der Waals surface area contributed by atoms with Crippen LogP contribution in [0.1, 0.15) is 29.5 Å². The molecule has 0 unspecified atom stereocenters. The maximum absolute atomic E-state index is 14.2. The van der Waals surface area contributed by atoms with Crippen molar-refractivity contribution in [2.75, 3.05) is 13.1 Å². The monoisotopic (exact) mass is 669 g/mol. The first kappa shape index (κ1) is 34.3. The SMILES string of the molecule is NC(=O)[C@@H](Cc1ccccc1)NC(=O)[C@@H](Cc1ccc2ccccc2c1)NC(=O)[C@@H](Cc1ccc2ccccc2c1)NC(=O)C1CCNCC1. The minimum Gasteiger partial charge on any atom is -0.368 e. The molecule has 6 N–H and O–H groups in total. The van der Waals surface area contributed by atoms with Crippen LogP contribution in [-0.2, 0) is 38.4 Å². The van der Waals surface area contributed by atoms with E-state index in [0.29, 0.717) is 12.8 Å². The largest absolute Gasteiger partial charge is 0.368 e. The van der Waals surface area contributed by atoms with E-state index >= 15 is 0 Å². The molecular weight excluding hydrogens is 626 g/mol. The number of nitrogens with two attached hydrogens (primary N) is 1. The summed E-state index contributed by atoms with van der Waals surface area (Å²) in [5.74, 6) is -2.10. The van der Waals surface area contributed by atoms with Gasteiger partial charge in [0.15, 0.2) is 0 Å². The molecule has 0 bridgehead atoms. The summed E-state index contributed by atoms with van der Waals surface area (Å²) in [7, 11) is 0. The van der Waals surface area contributed by atoms with Gasteiger partial charge >= 0.3 is 0 Å². The van der Waals surface area contributed by atoms with E-state index in [-0.39, 0.29) is 31.1 Å². The molecule has 5 aromatic carbocycles. The lowest BCUT2D eigenvalue weighted by molar-refractivity contribution is -0.134. The van der Waals surface area contributed by atoms with Crippen molar-refractivity contribution in [2.45, 2.75) is 50.2 Å². The molecule has 1 aliphatic rings. The fourth-order valence-electron chi connectivity index (χ4n) is 6.61. The molecule has 1 saturated heterocycles. The van der Waals surface area contributed by atoms with Crippen LogP contribution in [0.3, 0.4) is 0 Å². The minimum absolute atomic E-state index is 0.157. The molecule has 0 radical (unpaired) electrons. The lowest BCUT2D eigenvalue weighted by Gasteiger charge is -2.27. The van der Waals surface area contributed by atoms with Gasteiger partial charge < -0.3 is 27.0 Å². The first-order valence-corrected chi connectivity index (χ1v) is 17.2. The summed E-state index contributed by atoms with van der Waals surface area (Å²) in [5, 5.41) is 16.2. The molecule has 9 heteroatoms. The Morgan fingerprint density at radius 3 is 1.56 bits per heavy atom. The highest BCUT2D eigenvalue weighted by atomic mass is 16.2. The van der Waals surface area contributed by atoms with E-state index in [1.54, 1.807) is 0 Å². The van der Waals surface area contributed by atoms with Crippen molar-refractivity contribution in [3.63, 3.8) is 0 Å². The molecule has 50 heavy (non-hydrogen) atoms. The highest BCUT2D eigenvalue weighted by Gasteiger charge is 2.31. The van der Waals surface area contributed by atoms with Crippen LogP contribution >= 0.6 is 0 Å². The zero-order chi connectivity index (χ0) is 34.9. The third-order valence-corrected chi connectivity index (χ3v) is 9.43. The van der Waals surface area contributed by atoms with Crippen LogP contribution in [0.4, 0.5) is 0 Å². The molecule has 0 aromatic heterocycles. The summed E-state index contributed by atoms with van der Waals surface area (Å²) in [6.45, 7) is 1.47. The van der Waals surface area contributed by atoms with E-state index in [1.165, 1.54) is 0 Å². The van der Waals surface area contributed by atoms with Crippen LogP contribution in [0.15, 0.2) is 115 Å². The molecule has 6 rings (SSSR count). The van der Waals surface area contributed by atoms with E-state index in [1.807, 2.05) is 115 Å². The predicted molar refractivity (Wildman–Crippen MR) is 196 cm³/mol. The molecule has 9 nitrogen and oxygen atoms in total. The lowest BCUT2D eigenvalue weighted by atomic mass is 9.95. The number of carbonyl (C=O) groups is 4. The van der Waals surface area contributed by atoms with Crippen LogP contribution in [0.25, 0.3) is 21.5 Å². The van der Waals surface area contributed by atoms with E-state index in [0.717, 1.165) is 51.3 Å². The quantitative estimate of drug-likeness (QED) is 0.129. The molecule has 4 amide bonds. The summed E-state index contributed by atoms with van der Waals surface area (Å²) in [6, 6.07) is 34.0. The Hall–Kier alpha value is -5.54. The molecule has 256 valence electrons. The molecule has 0 saturated carbocycles. The number of primary amides is 1. The molecule has 1 fully saturated rings. The Labute approximate surface area is 292 Å². The number of hydrogen-bond acceptors (Lipinski definition) is 5. The second-order valence-electron chi connectivity index (χ2n) is 13.1. The number of amides is 4. The first-order valence-electron chi connectivity index (χ1n) is 17.2. The van der Waals surface area contributed by atoms with Crippen LogP contribution in [0.2, 0.25) is 0 Å². The maximum Gasteiger partial charge on any atom is 0.243 e. The van der Waals surface area contributed by atoms with Gasteiger partial charge in [-0.2, -0.15) is 0 Å². The number of carbonyl (C=O) groups excluding carboxylic acids is 4. The van der Waals surface area contributed by atoms with Gasteiger partial charge in [0, 0.05) is 25.2 Å². The van der Waals surface area contributed by atoms with Crippen molar-refractivity contribution in [1.82, 2.24) is 21.3 Å². The Bertz CT molecular complexity index is 1970. The predicted octanol–water partition coefficient (Wildman–Crippen LogP) is 3.96. The lowest BCUT2D eigenvalue weighted by Crippen LogP contribution is -2.58. The number of benzene rings is 5. The van der Waals surface area contributed by atoms with E-state index < -0.39 is 35.8 Å². The average Bonchev–Trinajstić information content (AvgIpc) is 3.14. The van der Waals surface area contributed by atoms with Gasteiger partial charge in [-0.05, 0) is 64.2 Å². The van der Waals surface area contributed by atoms with E-state index in [2.05, 4.69) is 21.3 Å².